The Morgan fingerprint density at radius 1 is 1.38 bits per heavy atom. The molecule has 3 N–H and O–H groups in total. The zero-order valence-corrected chi connectivity index (χ0v) is 9.48. The molecule has 0 heterocycles. The molecule has 16 heavy (non-hydrogen) atoms. The lowest BCUT2D eigenvalue weighted by Gasteiger charge is -2.29. The van der Waals surface area contributed by atoms with Crippen LogP contribution in [0.25, 0.3) is 0 Å². The fourth-order valence-corrected chi connectivity index (χ4v) is 0.826. The molecule has 1 unspecified atom stereocenters. The Bertz CT molecular complexity index is 239. The molecule has 0 aliphatic heterocycles. The minimum atomic E-state index is -4.33. The van der Waals surface area contributed by atoms with Gasteiger partial charge in [0.25, 0.3) is 0 Å². The van der Waals surface area contributed by atoms with Gasteiger partial charge >= 0.3 is 6.18 Å². The van der Waals surface area contributed by atoms with Crippen molar-refractivity contribution in [3.05, 3.63) is 0 Å². The maximum absolute atomic E-state index is 11.7. The smallest absolute Gasteiger partial charge is 0.391 e. The second-order valence-electron chi connectivity index (χ2n) is 4.16. The summed E-state index contributed by atoms with van der Waals surface area (Å²) < 4.78 is 35.2. The second-order valence-corrected chi connectivity index (χ2v) is 4.16. The lowest BCUT2D eigenvalue weighted by molar-refractivity contribution is -0.129. The first-order chi connectivity index (χ1) is 7.04. The standard InChI is InChI=1S/C9H17F3N2O2/c1-6(15)8(2,3)14-7(16)4-13-5-9(10,11)12/h6,13,15H,4-5H2,1-3H3,(H,14,16). The minimum Gasteiger partial charge on any atom is -0.391 e. The third-order valence-electron chi connectivity index (χ3n) is 2.12. The number of rotatable bonds is 5. The third kappa shape index (κ3) is 6.62. The highest BCUT2D eigenvalue weighted by Crippen LogP contribution is 2.12. The number of hydrogen-bond acceptors (Lipinski definition) is 3. The summed E-state index contributed by atoms with van der Waals surface area (Å²) in [6.07, 6.45) is -5.13. The van der Waals surface area contributed by atoms with E-state index in [1.807, 2.05) is 5.32 Å². The quantitative estimate of drug-likeness (QED) is 0.654. The summed E-state index contributed by atoms with van der Waals surface area (Å²) in [5.74, 6) is -0.588. The highest BCUT2D eigenvalue weighted by molar-refractivity contribution is 5.78. The van der Waals surface area contributed by atoms with E-state index in [1.54, 1.807) is 13.8 Å². The van der Waals surface area contributed by atoms with Gasteiger partial charge in [-0.15, -0.1) is 0 Å². The van der Waals surface area contributed by atoms with Crippen LogP contribution in [-0.4, -0.2) is 41.9 Å². The molecule has 0 aliphatic carbocycles. The number of aliphatic hydroxyl groups is 1. The summed E-state index contributed by atoms with van der Waals surface area (Å²) in [5.41, 5.74) is -0.864. The van der Waals surface area contributed by atoms with Crippen LogP contribution < -0.4 is 10.6 Å². The van der Waals surface area contributed by atoms with E-state index in [-0.39, 0.29) is 0 Å². The molecule has 0 fully saturated rings. The predicted molar refractivity (Wildman–Crippen MR) is 52.8 cm³/mol. The number of nitrogens with one attached hydrogen (secondary N) is 2. The molecule has 96 valence electrons. The van der Waals surface area contributed by atoms with Crippen LogP contribution in [0.2, 0.25) is 0 Å². The van der Waals surface area contributed by atoms with E-state index < -0.39 is 36.8 Å². The maximum atomic E-state index is 11.7. The van der Waals surface area contributed by atoms with Gasteiger partial charge in [-0.1, -0.05) is 0 Å². The van der Waals surface area contributed by atoms with E-state index in [2.05, 4.69) is 5.32 Å². The normalized spacial score (nSPS) is 14.7. The highest BCUT2D eigenvalue weighted by atomic mass is 19.4. The summed E-state index contributed by atoms with van der Waals surface area (Å²) in [7, 11) is 0. The molecule has 7 heteroatoms. The SMILES string of the molecule is CC(O)C(C)(C)NC(=O)CNCC(F)(F)F. The van der Waals surface area contributed by atoms with Crippen molar-refractivity contribution in [3.63, 3.8) is 0 Å². The zero-order valence-electron chi connectivity index (χ0n) is 9.48. The van der Waals surface area contributed by atoms with E-state index in [0.717, 1.165) is 0 Å². The zero-order chi connectivity index (χ0) is 13.0. The van der Waals surface area contributed by atoms with Crippen LogP contribution in [0.4, 0.5) is 13.2 Å². The van der Waals surface area contributed by atoms with Gasteiger partial charge in [0.2, 0.25) is 5.91 Å². The van der Waals surface area contributed by atoms with Gasteiger partial charge in [0.1, 0.15) is 0 Å². The van der Waals surface area contributed by atoms with Crippen LogP contribution in [0.1, 0.15) is 20.8 Å². The van der Waals surface area contributed by atoms with Crippen LogP contribution in [0.3, 0.4) is 0 Å². The molecule has 0 bridgehead atoms. The van der Waals surface area contributed by atoms with Crippen molar-refractivity contribution in [2.45, 2.75) is 38.6 Å². The molecule has 0 rings (SSSR count). The monoisotopic (exact) mass is 242 g/mol. The largest absolute Gasteiger partial charge is 0.401 e. The van der Waals surface area contributed by atoms with Crippen molar-refractivity contribution < 1.29 is 23.1 Å². The first-order valence-corrected chi connectivity index (χ1v) is 4.81. The first-order valence-electron chi connectivity index (χ1n) is 4.81. The summed E-state index contributed by atoms with van der Waals surface area (Å²) in [6.45, 7) is 3.01. The summed E-state index contributed by atoms with van der Waals surface area (Å²) in [5, 5.41) is 13.7. The third-order valence-corrected chi connectivity index (χ3v) is 2.12. The van der Waals surface area contributed by atoms with Crippen LogP contribution in [0, 0.1) is 0 Å². The van der Waals surface area contributed by atoms with Crippen molar-refractivity contribution in [2.24, 2.45) is 0 Å². The molecule has 1 amide bonds. The Hall–Kier alpha value is -0.820. The van der Waals surface area contributed by atoms with Gasteiger partial charge in [-0.05, 0) is 20.8 Å². The molecular formula is C9H17F3N2O2. The summed E-state index contributed by atoms with van der Waals surface area (Å²) >= 11 is 0. The fraction of sp³-hybridized carbons (Fsp3) is 0.889. The van der Waals surface area contributed by atoms with Crippen LogP contribution in [0.15, 0.2) is 0 Å². The topological polar surface area (TPSA) is 61.4 Å². The van der Waals surface area contributed by atoms with Gasteiger partial charge in [-0.25, -0.2) is 0 Å². The van der Waals surface area contributed by atoms with Crippen LogP contribution >= 0.6 is 0 Å². The molecule has 0 spiro atoms. The Balaban J connectivity index is 3.93. The van der Waals surface area contributed by atoms with E-state index in [0.29, 0.717) is 0 Å². The number of aliphatic hydroxyl groups excluding tert-OH is 1. The Labute approximate surface area is 92.2 Å². The van der Waals surface area contributed by atoms with E-state index in [1.165, 1.54) is 6.92 Å². The van der Waals surface area contributed by atoms with Gasteiger partial charge in [0.05, 0.1) is 24.7 Å². The van der Waals surface area contributed by atoms with Gasteiger partial charge in [0.15, 0.2) is 0 Å². The molecule has 0 aromatic rings. The first kappa shape index (κ1) is 15.2. The van der Waals surface area contributed by atoms with E-state index in [4.69, 9.17) is 0 Å². The average Bonchev–Trinajstić information content (AvgIpc) is 1.99. The van der Waals surface area contributed by atoms with Crippen molar-refractivity contribution in [3.8, 4) is 0 Å². The van der Waals surface area contributed by atoms with Gasteiger partial charge in [-0.2, -0.15) is 13.2 Å². The van der Waals surface area contributed by atoms with Crippen LogP contribution in [-0.2, 0) is 4.79 Å². The van der Waals surface area contributed by atoms with Crippen molar-refractivity contribution in [1.29, 1.82) is 0 Å². The van der Waals surface area contributed by atoms with E-state index >= 15 is 0 Å². The molecule has 4 nitrogen and oxygen atoms in total. The molecule has 0 saturated heterocycles. The van der Waals surface area contributed by atoms with Crippen LogP contribution in [0.5, 0.6) is 0 Å². The average molecular weight is 242 g/mol. The lowest BCUT2D eigenvalue weighted by atomic mass is 9.99. The van der Waals surface area contributed by atoms with Gasteiger partial charge in [0, 0.05) is 0 Å². The number of carbonyl (C=O) groups is 1. The minimum absolute atomic E-state index is 0.435. The maximum Gasteiger partial charge on any atom is 0.401 e. The highest BCUT2D eigenvalue weighted by Gasteiger charge is 2.28. The van der Waals surface area contributed by atoms with E-state index in [9.17, 15) is 23.1 Å². The number of hydrogen-bond donors (Lipinski definition) is 3. The molecule has 0 saturated carbocycles. The Morgan fingerprint density at radius 3 is 2.25 bits per heavy atom. The van der Waals surface area contributed by atoms with Gasteiger partial charge in [-0.3, -0.25) is 4.79 Å². The van der Waals surface area contributed by atoms with Crippen molar-refractivity contribution in [2.75, 3.05) is 13.1 Å². The Kier molecular flexibility index (Phi) is 5.21. The van der Waals surface area contributed by atoms with Crippen molar-refractivity contribution >= 4 is 5.91 Å². The summed E-state index contributed by atoms with van der Waals surface area (Å²) in [6, 6.07) is 0. The fourth-order valence-electron chi connectivity index (χ4n) is 0.826. The molecule has 0 radical (unpaired) electrons. The van der Waals surface area contributed by atoms with Crippen molar-refractivity contribution in [1.82, 2.24) is 10.6 Å². The summed E-state index contributed by atoms with van der Waals surface area (Å²) in [4.78, 5) is 11.2. The number of halogens is 3. The number of alkyl halides is 3. The predicted octanol–water partition coefficient (Wildman–Crippen LogP) is 0.414. The number of amides is 1. The second kappa shape index (κ2) is 5.49. The Morgan fingerprint density at radius 2 is 1.88 bits per heavy atom. The lowest BCUT2D eigenvalue weighted by Crippen LogP contribution is -2.53. The molecule has 0 aromatic heterocycles. The van der Waals surface area contributed by atoms with Gasteiger partial charge < -0.3 is 15.7 Å². The molecule has 0 aromatic carbocycles. The number of carbonyl (C=O) groups excluding carboxylic acids is 1. The molecular weight excluding hydrogens is 225 g/mol. The molecule has 0 aliphatic rings. The molecule has 1 atom stereocenters.